The zero-order valence-electron chi connectivity index (χ0n) is 22.2. The summed E-state index contributed by atoms with van der Waals surface area (Å²) in [6.07, 6.45) is 0. The number of hydrogen-bond donors (Lipinski definition) is 0. The predicted molar refractivity (Wildman–Crippen MR) is 171 cm³/mol. The Morgan fingerprint density at radius 2 is 0.952 bits per heavy atom. The molecule has 0 atom stereocenters. The minimum absolute atomic E-state index is 0.298. The number of fused-ring (bicyclic) bond motifs is 13. The second kappa shape index (κ2) is 7.49. The van der Waals surface area contributed by atoms with Gasteiger partial charge in [-0.15, -0.1) is 0 Å². The van der Waals surface area contributed by atoms with E-state index in [0.717, 1.165) is 65.6 Å². The lowest BCUT2D eigenvalue weighted by Crippen LogP contribution is -2.13. The number of rotatable bonds is 1. The monoisotopic (exact) mass is 559 g/mol. The molecule has 4 heterocycles. The summed E-state index contributed by atoms with van der Waals surface area (Å²) in [6.45, 7) is 0. The third-order valence-corrected chi connectivity index (χ3v) is 10.7. The molecule has 0 bridgehead atoms. The molecular formula is C36H21N3O2S. The van der Waals surface area contributed by atoms with Gasteiger partial charge in [0.2, 0.25) is 0 Å². The highest BCUT2D eigenvalue weighted by molar-refractivity contribution is 7.90. The molecule has 1 aliphatic rings. The van der Waals surface area contributed by atoms with Gasteiger partial charge < -0.3 is 9.13 Å². The van der Waals surface area contributed by atoms with E-state index in [1.54, 1.807) is 10.0 Å². The largest absolute Gasteiger partial charge is 0.309 e. The summed E-state index contributed by atoms with van der Waals surface area (Å²) in [5.74, 6) is 0. The van der Waals surface area contributed by atoms with E-state index in [1.165, 1.54) is 0 Å². The van der Waals surface area contributed by atoms with E-state index in [4.69, 9.17) is 0 Å². The van der Waals surface area contributed by atoms with Gasteiger partial charge in [0.05, 0.1) is 38.8 Å². The molecule has 0 amide bonds. The van der Waals surface area contributed by atoms with Crippen molar-refractivity contribution in [2.75, 3.05) is 0 Å². The van der Waals surface area contributed by atoms with Crippen molar-refractivity contribution < 1.29 is 8.42 Å². The molecule has 5 nitrogen and oxygen atoms in total. The molecule has 0 spiro atoms. The average Bonchev–Trinajstić information content (AvgIpc) is 3.66. The highest BCUT2D eigenvalue weighted by Crippen LogP contribution is 2.51. The molecule has 1 aliphatic heterocycles. The van der Waals surface area contributed by atoms with Gasteiger partial charge in [-0.2, -0.15) is 0 Å². The Morgan fingerprint density at radius 1 is 0.429 bits per heavy atom. The lowest BCUT2D eigenvalue weighted by molar-refractivity contribution is 0.590. The van der Waals surface area contributed by atoms with Crippen LogP contribution in [0, 0.1) is 0 Å². The summed E-state index contributed by atoms with van der Waals surface area (Å²) in [7, 11) is -3.94. The molecule has 0 radical (unpaired) electrons. The molecule has 42 heavy (non-hydrogen) atoms. The smallest absolute Gasteiger partial charge is 0.270 e. The molecule has 0 aliphatic carbocycles. The van der Waals surface area contributed by atoms with Crippen LogP contribution in [-0.2, 0) is 10.0 Å². The van der Waals surface area contributed by atoms with E-state index in [-0.39, 0.29) is 0 Å². The van der Waals surface area contributed by atoms with Crippen LogP contribution in [0.1, 0.15) is 0 Å². The number of para-hydroxylation sites is 5. The van der Waals surface area contributed by atoms with Crippen LogP contribution in [0.5, 0.6) is 0 Å². The first-order chi connectivity index (χ1) is 20.7. The van der Waals surface area contributed by atoms with Crippen molar-refractivity contribution in [3.05, 3.63) is 127 Å². The maximum absolute atomic E-state index is 14.7. The molecule has 198 valence electrons. The van der Waals surface area contributed by atoms with Crippen LogP contribution in [-0.4, -0.2) is 21.5 Å². The van der Waals surface area contributed by atoms with Crippen molar-refractivity contribution in [3.63, 3.8) is 0 Å². The molecule has 9 aromatic rings. The fourth-order valence-electron chi connectivity index (χ4n) is 7.42. The Labute approximate surface area is 240 Å². The predicted octanol–water partition coefficient (Wildman–Crippen LogP) is 8.54. The van der Waals surface area contributed by atoms with Gasteiger partial charge in [-0.25, -0.2) is 12.4 Å². The standard InChI is InChI=1S/C36H21N3O2S/c40-42(41)30-21-11-10-20-29(30)38-27-18-8-5-15-24(27)33-34-31(32-25-16-6-9-19-28(25)39(42)36(32)35(33)38)23-14-4-7-17-26(23)37(34)22-12-2-1-3-13-22/h1-21H. The van der Waals surface area contributed by atoms with Gasteiger partial charge in [0.15, 0.2) is 0 Å². The van der Waals surface area contributed by atoms with Crippen LogP contribution in [0.2, 0.25) is 0 Å². The highest BCUT2D eigenvalue weighted by Gasteiger charge is 2.35. The number of benzene rings is 6. The van der Waals surface area contributed by atoms with Crippen LogP contribution in [0.4, 0.5) is 0 Å². The zero-order chi connectivity index (χ0) is 27.7. The van der Waals surface area contributed by atoms with E-state index < -0.39 is 10.0 Å². The van der Waals surface area contributed by atoms with Gasteiger partial charge in [-0.1, -0.05) is 84.9 Å². The Balaban J connectivity index is 1.69. The summed E-state index contributed by atoms with van der Waals surface area (Å²) < 4.78 is 35.6. The third kappa shape index (κ3) is 2.45. The van der Waals surface area contributed by atoms with Gasteiger partial charge in [0.25, 0.3) is 10.0 Å². The maximum Gasteiger partial charge on any atom is 0.270 e. The summed E-state index contributed by atoms with van der Waals surface area (Å²) in [5.41, 5.74) is 7.19. The van der Waals surface area contributed by atoms with Gasteiger partial charge in [0.1, 0.15) is 4.90 Å². The van der Waals surface area contributed by atoms with Crippen molar-refractivity contribution in [3.8, 4) is 11.4 Å². The lowest BCUT2D eigenvalue weighted by Gasteiger charge is -2.11. The number of nitrogens with zero attached hydrogens (tertiary/aromatic N) is 3. The van der Waals surface area contributed by atoms with Crippen LogP contribution in [0.25, 0.3) is 76.8 Å². The molecule has 6 aromatic carbocycles. The first-order valence-corrected chi connectivity index (χ1v) is 15.4. The van der Waals surface area contributed by atoms with E-state index in [0.29, 0.717) is 16.1 Å². The van der Waals surface area contributed by atoms with Crippen LogP contribution >= 0.6 is 0 Å². The molecular weight excluding hydrogens is 538 g/mol. The van der Waals surface area contributed by atoms with E-state index in [9.17, 15) is 8.42 Å². The Kier molecular flexibility index (Phi) is 3.99. The quantitative estimate of drug-likeness (QED) is 0.202. The molecule has 0 saturated heterocycles. The molecule has 0 fully saturated rings. The number of hydrogen-bond acceptors (Lipinski definition) is 2. The first-order valence-electron chi connectivity index (χ1n) is 14.0. The van der Waals surface area contributed by atoms with Crippen molar-refractivity contribution >= 4 is 75.4 Å². The van der Waals surface area contributed by atoms with Crippen LogP contribution in [0.15, 0.2) is 132 Å². The zero-order valence-corrected chi connectivity index (χ0v) is 23.0. The summed E-state index contributed by atoms with van der Waals surface area (Å²) in [6, 6.07) is 42.6. The van der Waals surface area contributed by atoms with Gasteiger partial charge in [-0.05, 0) is 42.5 Å². The SMILES string of the molecule is O=S1(=O)c2ccccc2-n2c3ccccc3c3c4c(c5ccccc5n4-c4ccccc4)c4c5ccccc5n1c4c32. The highest BCUT2D eigenvalue weighted by atomic mass is 32.2. The molecule has 6 heteroatoms. The molecule has 0 unspecified atom stereocenters. The maximum atomic E-state index is 14.7. The lowest BCUT2D eigenvalue weighted by atomic mass is 10.0. The minimum atomic E-state index is -3.94. The van der Waals surface area contributed by atoms with Gasteiger partial charge in [0, 0.05) is 38.0 Å². The van der Waals surface area contributed by atoms with Gasteiger partial charge >= 0.3 is 0 Å². The summed E-state index contributed by atoms with van der Waals surface area (Å²) in [5, 5.41) is 6.18. The summed E-state index contributed by atoms with van der Waals surface area (Å²) >= 11 is 0. The topological polar surface area (TPSA) is 48.9 Å². The molecule has 0 saturated carbocycles. The Bertz CT molecular complexity index is 2750. The Hall–Kier alpha value is -5.33. The van der Waals surface area contributed by atoms with Crippen molar-refractivity contribution in [2.45, 2.75) is 4.90 Å². The molecule has 3 aromatic heterocycles. The molecule has 0 N–H and O–H groups in total. The molecule has 10 rings (SSSR count). The number of aromatic nitrogens is 3. The second-order valence-corrected chi connectivity index (χ2v) is 12.7. The van der Waals surface area contributed by atoms with Crippen LogP contribution < -0.4 is 0 Å². The van der Waals surface area contributed by atoms with Crippen molar-refractivity contribution in [1.82, 2.24) is 13.1 Å². The first kappa shape index (κ1) is 22.4. The third-order valence-electron chi connectivity index (χ3n) is 8.93. The fourth-order valence-corrected chi connectivity index (χ4v) is 9.12. The van der Waals surface area contributed by atoms with E-state index in [1.807, 2.05) is 48.5 Å². The van der Waals surface area contributed by atoms with Crippen molar-refractivity contribution in [2.24, 2.45) is 0 Å². The average molecular weight is 560 g/mol. The normalized spacial score (nSPS) is 14.1. The summed E-state index contributed by atoms with van der Waals surface area (Å²) in [4.78, 5) is 0.298. The van der Waals surface area contributed by atoms with Crippen LogP contribution in [0.3, 0.4) is 0 Å². The van der Waals surface area contributed by atoms with Crippen molar-refractivity contribution in [1.29, 1.82) is 0 Å². The Morgan fingerprint density at radius 3 is 1.69 bits per heavy atom. The van der Waals surface area contributed by atoms with E-state index >= 15 is 0 Å². The van der Waals surface area contributed by atoms with E-state index in [2.05, 4.69) is 81.9 Å². The van der Waals surface area contributed by atoms with Gasteiger partial charge in [-0.3, -0.25) is 0 Å². The second-order valence-electron chi connectivity index (χ2n) is 11.0. The minimum Gasteiger partial charge on any atom is -0.309 e. The fraction of sp³-hybridized carbons (Fsp3) is 0.